The van der Waals surface area contributed by atoms with E-state index in [-0.39, 0.29) is 23.8 Å². The lowest BCUT2D eigenvalue weighted by Crippen LogP contribution is -2.15. The summed E-state index contributed by atoms with van der Waals surface area (Å²) in [4.78, 5) is 37.5. The lowest BCUT2D eigenvalue weighted by Gasteiger charge is -2.12. The Morgan fingerprint density at radius 1 is 1.20 bits per heavy atom. The van der Waals surface area contributed by atoms with E-state index >= 15 is 0 Å². The fourth-order valence-electron chi connectivity index (χ4n) is 3.92. The van der Waals surface area contributed by atoms with Gasteiger partial charge >= 0.3 is 11.7 Å². The van der Waals surface area contributed by atoms with Crippen molar-refractivity contribution in [1.29, 1.82) is 0 Å². The molecular weight excluding hydrogens is 472 g/mol. The summed E-state index contributed by atoms with van der Waals surface area (Å²) < 4.78 is 16.6. The predicted molar refractivity (Wildman–Crippen MR) is 130 cm³/mol. The van der Waals surface area contributed by atoms with E-state index in [1.807, 2.05) is 6.92 Å². The van der Waals surface area contributed by atoms with Gasteiger partial charge < -0.3 is 19.2 Å². The number of anilines is 1. The van der Waals surface area contributed by atoms with Crippen molar-refractivity contribution in [1.82, 2.24) is 0 Å². The van der Waals surface area contributed by atoms with Crippen molar-refractivity contribution in [3.63, 3.8) is 0 Å². The van der Waals surface area contributed by atoms with Gasteiger partial charge in [0, 0.05) is 10.9 Å². The third-order valence-corrected chi connectivity index (χ3v) is 6.81. The molecule has 10 heteroatoms. The monoisotopic (exact) mass is 498 g/mol. The van der Waals surface area contributed by atoms with Gasteiger partial charge in [0.1, 0.15) is 17.4 Å². The zero-order valence-corrected chi connectivity index (χ0v) is 20.4. The van der Waals surface area contributed by atoms with E-state index in [9.17, 15) is 19.7 Å². The van der Waals surface area contributed by atoms with Gasteiger partial charge in [-0.05, 0) is 68.4 Å². The number of fused-ring (bicyclic) bond motifs is 1. The second-order valence-corrected chi connectivity index (χ2v) is 9.39. The number of carbonyl (C=O) groups excluding carboxylic acids is 2. The fraction of sp³-hybridized carbons (Fsp3) is 0.360. The Labute approximate surface area is 206 Å². The molecule has 0 radical (unpaired) electrons. The molecule has 0 saturated heterocycles. The molecule has 3 aromatic rings. The first-order valence-electron chi connectivity index (χ1n) is 11.5. The Balaban J connectivity index is 1.48. The van der Waals surface area contributed by atoms with Crippen molar-refractivity contribution in [3.8, 4) is 5.75 Å². The van der Waals surface area contributed by atoms with Crippen molar-refractivity contribution in [3.05, 3.63) is 73.5 Å². The minimum Gasteiger partial charge on any atom is -0.479 e. The van der Waals surface area contributed by atoms with Gasteiger partial charge in [0.25, 0.3) is 5.91 Å². The Bertz CT molecular complexity index is 1260. The molecule has 9 nitrogen and oxygen atoms in total. The number of amides is 1. The van der Waals surface area contributed by atoms with E-state index in [0.29, 0.717) is 29.4 Å². The molecule has 1 aliphatic carbocycles. The number of hydrogen-bond donors (Lipinski definition) is 1. The molecule has 4 rings (SSSR count). The Hall–Kier alpha value is -3.66. The van der Waals surface area contributed by atoms with Gasteiger partial charge in [-0.2, -0.15) is 0 Å². The Morgan fingerprint density at radius 2 is 2.00 bits per heavy atom. The number of nitrogens with one attached hydrogen (secondary N) is 1. The van der Waals surface area contributed by atoms with Crippen LogP contribution in [0.1, 0.15) is 68.9 Å². The maximum atomic E-state index is 12.9. The number of esters is 1. The summed E-state index contributed by atoms with van der Waals surface area (Å²) in [7, 11) is 0. The van der Waals surface area contributed by atoms with Crippen LogP contribution < -0.4 is 10.1 Å². The molecule has 1 N–H and O–H groups in total. The molecule has 0 spiro atoms. The molecule has 1 aliphatic rings. The first-order valence-corrected chi connectivity index (χ1v) is 12.3. The summed E-state index contributed by atoms with van der Waals surface area (Å²) in [5.74, 6) is -0.433. The largest absolute Gasteiger partial charge is 0.479 e. The highest BCUT2D eigenvalue weighted by molar-refractivity contribution is 7.17. The normalized spacial score (nSPS) is 12.6. The van der Waals surface area contributed by atoms with Crippen molar-refractivity contribution in [2.75, 3.05) is 11.9 Å². The van der Waals surface area contributed by atoms with E-state index in [4.69, 9.17) is 13.9 Å². The lowest BCUT2D eigenvalue weighted by molar-refractivity contribution is -0.386. The summed E-state index contributed by atoms with van der Waals surface area (Å²) >= 11 is 1.40. The molecule has 1 aromatic carbocycles. The summed E-state index contributed by atoms with van der Waals surface area (Å²) in [5, 5.41) is 14.6. The SMILES string of the molecule is CCCOC(=O)c1c(NC(=O)c2ccc(COc3ccc(C)cc3[N+](=O)[O-])o2)sc2c1CCCC2. The van der Waals surface area contributed by atoms with E-state index in [0.717, 1.165) is 41.7 Å². The second kappa shape index (κ2) is 10.7. The van der Waals surface area contributed by atoms with Crippen molar-refractivity contribution in [2.45, 2.75) is 52.6 Å². The molecule has 0 unspecified atom stereocenters. The molecule has 2 heterocycles. The molecule has 0 bridgehead atoms. The number of nitro benzene ring substituents is 1. The van der Waals surface area contributed by atoms with Crippen LogP contribution in [0, 0.1) is 17.0 Å². The fourth-order valence-corrected chi connectivity index (χ4v) is 5.19. The molecule has 0 saturated carbocycles. The maximum absolute atomic E-state index is 12.9. The summed E-state index contributed by atoms with van der Waals surface area (Å²) in [6.07, 6.45) is 4.41. The number of furan rings is 1. The van der Waals surface area contributed by atoms with Crippen molar-refractivity contribution in [2.24, 2.45) is 0 Å². The average Bonchev–Trinajstić information content (AvgIpc) is 3.46. The van der Waals surface area contributed by atoms with Crippen LogP contribution in [-0.2, 0) is 24.2 Å². The van der Waals surface area contributed by atoms with Crippen LogP contribution in [0.3, 0.4) is 0 Å². The van der Waals surface area contributed by atoms with Gasteiger partial charge in [-0.3, -0.25) is 14.9 Å². The van der Waals surface area contributed by atoms with Gasteiger partial charge in [-0.15, -0.1) is 11.3 Å². The molecule has 0 atom stereocenters. The van der Waals surface area contributed by atoms with Gasteiger partial charge in [0.05, 0.1) is 17.1 Å². The summed E-state index contributed by atoms with van der Waals surface area (Å²) in [6, 6.07) is 7.75. The number of aryl methyl sites for hydroxylation is 2. The molecule has 2 aromatic heterocycles. The van der Waals surface area contributed by atoms with Crippen molar-refractivity contribution < 1.29 is 28.4 Å². The average molecular weight is 499 g/mol. The molecule has 1 amide bonds. The number of nitro groups is 1. The van der Waals surface area contributed by atoms with Crippen LogP contribution in [0.4, 0.5) is 10.7 Å². The number of hydrogen-bond acceptors (Lipinski definition) is 8. The topological polar surface area (TPSA) is 121 Å². The molecule has 0 aliphatic heterocycles. The molecule has 184 valence electrons. The third-order valence-electron chi connectivity index (χ3n) is 5.61. The quantitative estimate of drug-likeness (QED) is 0.224. The molecule has 35 heavy (non-hydrogen) atoms. The third kappa shape index (κ3) is 5.54. The van der Waals surface area contributed by atoms with Crippen LogP contribution >= 0.6 is 11.3 Å². The highest BCUT2D eigenvalue weighted by atomic mass is 32.1. The van der Waals surface area contributed by atoms with Crippen LogP contribution in [0.5, 0.6) is 5.75 Å². The zero-order chi connectivity index (χ0) is 24.9. The summed E-state index contributed by atoms with van der Waals surface area (Å²) in [6.45, 7) is 3.91. The zero-order valence-electron chi connectivity index (χ0n) is 19.5. The number of carbonyl (C=O) groups is 2. The summed E-state index contributed by atoms with van der Waals surface area (Å²) in [5.41, 5.74) is 2.01. The van der Waals surface area contributed by atoms with Crippen LogP contribution in [0.15, 0.2) is 34.7 Å². The first kappa shape index (κ1) is 24.5. The second-order valence-electron chi connectivity index (χ2n) is 8.29. The van der Waals surface area contributed by atoms with Crippen LogP contribution in [-0.4, -0.2) is 23.4 Å². The highest BCUT2D eigenvalue weighted by Crippen LogP contribution is 2.39. The van der Waals surface area contributed by atoms with E-state index in [1.165, 1.54) is 29.5 Å². The number of benzene rings is 1. The van der Waals surface area contributed by atoms with E-state index in [2.05, 4.69) is 5.32 Å². The number of ether oxygens (including phenoxy) is 2. The number of thiophene rings is 1. The smallest absolute Gasteiger partial charge is 0.341 e. The maximum Gasteiger partial charge on any atom is 0.341 e. The van der Waals surface area contributed by atoms with Gasteiger partial charge in [-0.25, -0.2) is 4.79 Å². The molecular formula is C25H26N2O7S. The van der Waals surface area contributed by atoms with Gasteiger partial charge in [0.15, 0.2) is 11.5 Å². The minimum absolute atomic E-state index is 0.0428. The molecule has 0 fully saturated rings. The van der Waals surface area contributed by atoms with E-state index < -0.39 is 16.8 Å². The standard InChI is InChI=1S/C25H26N2O7S/c1-3-12-32-25(29)22-17-6-4-5-7-21(17)35-24(22)26-23(28)20-11-9-16(34-20)14-33-19-10-8-15(2)13-18(19)27(30)31/h8-11,13H,3-7,12,14H2,1-2H3,(H,26,28). The lowest BCUT2D eigenvalue weighted by atomic mass is 9.95. The Morgan fingerprint density at radius 3 is 2.77 bits per heavy atom. The first-order chi connectivity index (χ1) is 16.9. The predicted octanol–water partition coefficient (Wildman–Crippen LogP) is 5.83. The number of nitrogens with zero attached hydrogens (tertiary/aromatic N) is 1. The van der Waals surface area contributed by atoms with E-state index in [1.54, 1.807) is 19.1 Å². The van der Waals surface area contributed by atoms with Crippen LogP contribution in [0.2, 0.25) is 0 Å². The van der Waals surface area contributed by atoms with Crippen LogP contribution in [0.25, 0.3) is 0 Å². The minimum atomic E-state index is -0.507. The number of rotatable bonds is 9. The van der Waals surface area contributed by atoms with Gasteiger partial charge in [0.2, 0.25) is 0 Å². The Kier molecular flexibility index (Phi) is 7.50. The van der Waals surface area contributed by atoms with Crippen molar-refractivity contribution >= 4 is 33.9 Å². The van der Waals surface area contributed by atoms with Gasteiger partial charge in [-0.1, -0.05) is 13.0 Å². The highest BCUT2D eigenvalue weighted by Gasteiger charge is 2.28.